The maximum absolute atomic E-state index is 12.9. The molecule has 0 saturated heterocycles. The normalized spacial score (nSPS) is 12.8. The molecule has 6 heteroatoms. The van der Waals surface area contributed by atoms with Crippen molar-refractivity contribution in [3.05, 3.63) is 109 Å². The predicted molar refractivity (Wildman–Crippen MR) is 334 cm³/mol. The maximum atomic E-state index is 12.9. The van der Waals surface area contributed by atoms with E-state index in [1.807, 2.05) is 0 Å². The highest BCUT2D eigenvalue weighted by Gasteiger charge is 2.19. The van der Waals surface area contributed by atoms with E-state index in [2.05, 4.69) is 130 Å². The molecule has 6 nitrogen and oxygen atoms in total. The van der Waals surface area contributed by atoms with Crippen LogP contribution in [0.4, 0.5) is 0 Å². The minimum Gasteiger partial charge on any atom is -0.462 e. The Morgan fingerprint density at radius 2 is 0.519 bits per heavy atom. The number of carbonyl (C=O) groups is 3. The van der Waals surface area contributed by atoms with E-state index in [4.69, 9.17) is 14.2 Å². The second-order valence-corrected chi connectivity index (χ2v) is 21.3. The average Bonchev–Trinajstić information content (AvgIpc) is 3.43. The van der Waals surface area contributed by atoms with Crippen LogP contribution >= 0.6 is 0 Å². The molecule has 0 saturated carbocycles. The van der Waals surface area contributed by atoms with Gasteiger partial charge in [0, 0.05) is 19.3 Å². The summed E-state index contributed by atoms with van der Waals surface area (Å²) in [5, 5.41) is 0. The quantitative estimate of drug-likeness (QED) is 0.0261. The molecule has 0 aromatic heterocycles. The molecule has 0 aliphatic rings. The standard InChI is InChI=1S/C71H120O6/c1-4-7-10-13-16-19-22-24-26-28-30-31-32-33-34-35-36-37-38-39-41-42-44-46-49-52-55-58-61-64-70(73)76-67-68(66-75-69(72)63-60-57-54-51-48-21-18-15-12-9-6-3)77-71(74)65-62-59-56-53-50-47-45-43-40-29-27-25-23-20-17-14-11-8-5-2/h8,11,15,17-18,20,22,24-25,27-28,30,32-33,40,43,47,50,68H,4-7,9-10,12-14,16,19,21,23,26,29,31,34-39,41-42,44-46,48-49,51-67H2,1-3H3/b11-8-,18-15-,20-17-,24-22-,27-25-,30-28-,33-32-,43-40-,50-47-. The molecule has 0 fully saturated rings. The van der Waals surface area contributed by atoms with E-state index >= 15 is 0 Å². The van der Waals surface area contributed by atoms with Crippen LogP contribution in [0.1, 0.15) is 303 Å². The zero-order valence-electron chi connectivity index (χ0n) is 50.4. The predicted octanol–water partition coefficient (Wildman–Crippen LogP) is 22.2. The van der Waals surface area contributed by atoms with Gasteiger partial charge in [-0.3, -0.25) is 14.4 Å². The highest BCUT2D eigenvalue weighted by atomic mass is 16.6. The monoisotopic (exact) mass is 1070 g/mol. The SMILES string of the molecule is CC/C=C\C/C=C\C/C=C\C/C=C\C/C=C\CCCCCC(=O)OC(COC(=O)CCCCCCC/C=C\CCCC)COC(=O)CCCCCCCCCCCCCCCC/C=C\C/C=C\C/C=C\CCCCCCC. The molecular formula is C71H120O6. The Kier molecular flexibility index (Phi) is 61.3. The van der Waals surface area contributed by atoms with Gasteiger partial charge < -0.3 is 14.2 Å². The molecule has 440 valence electrons. The van der Waals surface area contributed by atoms with Crippen molar-refractivity contribution >= 4 is 17.9 Å². The molecule has 1 unspecified atom stereocenters. The van der Waals surface area contributed by atoms with Crippen molar-refractivity contribution < 1.29 is 28.6 Å². The fourth-order valence-corrected chi connectivity index (χ4v) is 8.87. The summed E-state index contributed by atoms with van der Waals surface area (Å²) in [4.78, 5) is 38.2. The van der Waals surface area contributed by atoms with E-state index in [-0.39, 0.29) is 37.5 Å². The fourth-order valence-electron chi connectivity index (χ4n) is 8.87. The van der Waals surface area contributed by atoms with Crippen LogP contribution in [0.15, 0.2) is 109 Å². The molecule has 0 aromatic carbocycles. The zero-order chi connectivity index (χ0) is 55.7. The lowest BCUT2D eigenvalue weighted by Gasteiger charge is -2.18. The first-order valence-electron chi connectivity index (χ1n) is 32.4. The van der Waals surface area contributed by atoms with Crippen molar-refractivity contribution in [3.8, 4) is 0 Å². The van der Waals surface area contributed by atoms with Gasteiger partial charge >= 0.3 is 17.9 Å². The molecule has 77 heavy (non-hydrogen) atoms. The summed E-state index contributed by atoms with van der Waals surface area (Å²) in [5.74, 6) is -0.933. The third-order valence-electron chi connectivity index (χ3n) is 13.7. The number of hydrogen-bond donors (Lipinski definition) is 0. The van der Waals surface area contributed by atoms with Gasteiger partial charge in [-0.1, -0.05) is 271 Å². The summed E-state index contributed by atoms with van der Waals surface area (Å²) in [5.41, 5.74) is 0. The second kappa shape index (κ2) is 64.6. The maximum Gasteiger partial charge on any atom is 0.306 e. The number of rotatable bonds is 58. The Balaban J connectivity index is 4.27. The Morgan fingerprint density at radius 1 is 0.273 bits per heavy atom. The third-order valence-corrected chi connectivity index (χ3v) is 13.7. The molecule has 1 atom stereocenters. The number of unbranched alkanes of at least 4 members (excludes halogenated alkanes) is 29. The minimum atomic E-state index is -0.801. The van der Waals surface area contributed by atoms with Gasteiger partial charge in [0.2, 0.25) is 0 Å². The lowest BCUT2D eigenvalue weighted by molar-refractivity contribution is -0.167. The Hall–Kier alpha value is -3.93. The molecule has 0 aliphatic heterocycles. The van der Waals surface area contributed by atoms with E-state index in [0.717, 1.165) is 122 Å². The van der Waals surface area contributed by atoms with Gasteiger partial charge in [0.25, 0.3) is 0 Å². The average molecular weight is 1070 g/mol. The van der Waals surface area contributed by atoms with Crippen molar-refractivity contribution in [2.24, 2.45) is 0 Å². The first kappa shape index (κ1) is 73.1. The van der Waals surface area contributed by atoms with Crippen molar-refractivity contribution in [3.63, 3.8) is 0 Å². The Labute approximate surface area is 476 Å². The van der Waals surface area contributed by atoms with E-state index in [1.54, 1.807) is 0 Å². The van der Waals surface area contributed by atoms with Crippen molar-refractivity contribution in [1.29, 1.82) is 0 Å². The number of ether oxygens (including phenoxy) is 3. The van der Waals surface area contributed by atoms with E-state index < -0.39 is 6.10 Å². The molecule has 0 N–H and O–H groups in total. The van der Waals surface area contributed by atoms with Crippen LogP contribution in [0, 0.1) is 0 Å². The zero-order valence-corrected chi connectivity index (χ0v) is 50.4. The van der Waals surface area contributed by atoms with Crippen LogP contribution in [0.2, 0.25) is 0 Å². The molecule has 0 amide bonds. The molecule has 0 heterocycles. The van der Waals surface area contributed by atoms with Gasteiger partial charge in [0.1, 0.15) is 13.2 Å². The van der Waals surface area contributed by atoms with E-state index in [9.17, 15) is 14.4 Å². The van der Waals surface area contributed by atoms with Crippen molar-refractivity contribution in [2.45, 2.75) is 309 Å². The van der Waals surface area contributed by atoms with Crippen LogP contribution in [0.25, 0.3) is 0 Å². The van der Waals surface area contributed by atoms with Crippen LogP contribution in [0.3, 0.4) is 0 Å². The highest BCUT2D eigenvalue weighted by Crippen LogP contribution is 2.16. The molecule has 0 radical (unpaired) electrons. The summed E-state index contributed by atoms with van der Waals surface area (Å²) < 4.78 is 16.9. The number of allylic oxidation sites excluding steroid dienone is 18. The molecule has 0 spiro atoms. The number of esters is 3. The summed E-state index contributed by atoms with van der Waals surface area (Å²) in [6.07, 6.45) is 88.2. The minimum absolute atomic E-state index is 0.0945. The Bertz CT molecular complexity index is 1560. The first-order valence-corrected chi connectivity index (χ1v) is 32.4. The van der Waals surface area contributed by atoms with Crippen molar-refractivity contribution in [1.82, 2.24) is 0 Å². The van der Waals surface area contributed by atoms with E-state index in [0.29, 0.717) is 12.8 Å². The highest BCUT2D eigenvalue weighted by molar-refractivity contribution is 5.71. The van der Waals surface area contributed by atoms with Gasteiger partial charge in [-0.05, 0) is 122 Å². The third kappa shape index (κ3) is 62.8. The van der Waals surface area contributed by atoms with Gasteiger partial charge in [-0.2, -0.15) is 0 Å². The lowest BCUT2D eigenvalue weighted by atomic mass is 10.0. The topological polar surface area (TPSA) is 78.9 Å². The largest absolute Gasteiger partial charge is 0.462 e. The van der Waals surface area contributed by atoms with E-state index in [1.165, 1.54) is 141 Å². The smallest absolute Gasteiger partial charge is 0.306 e. The van der Waals surface area contributed by atoms with Gasteiger partial charge in [-0.15, -0.1) is 0 Å². The van der Waals surface area contributed by atoms with Crippen molar-refractivity contribution in [2.75, 3.05) is 13.2 Å². The summed E-state index contributed by atoms with van der Waals surface area (Å²) in [7, 11) is 0. The van der Waals surface area contributed by atoms with Gasteiger partial charge in [0.15, 0.2) is 6.10 Å². The van der Waals surface area contributed by atoms with Crippen LogP contribution in [0.5, 0.6) is 0 Å². The summed E-state index contributed by atoms with van der Waals surface area (Å²) >= 11 is 0. The van der Waals surface area contributed by atoms with Crippen LogP contribution in [-0.2, 0) is 28.6 Å². The first-order chi connectivity index (χ1) is 38.0. The lowest BCUT2D eigenvalue weighted by Crippen LogP contribution is -2.30. The Morgan fingerprint density at radius 3 is 0.857 bits per heavy atom. The van der Waals surface area contributed by atoms with Gasteiger partial charge in [-0.25, -0.2) is 0 Å². The van der Waals surface area contributed by atoms with Gasteiger partial charge in [0.05, 0.1) is 0 Å². The second-order valence-electron chi connectivity index (χ2n) is 21.3. The molecular weight excluding hydrogens is 949 g/mol. The number of carbonyl (C=O) groups excluding carboxylic acids is 3. The molecule has 0 aliphatic carbocycles. The van der Waals surface area contributed by atoms with Crippen LogP contribution in [-0.4, -0.2) is 37.2 Å². The molecule has 0 bridgehead atoms. The fraction of sp³-hybridized carbons (Fsp3) is 0.704. The summed E-state index contributed by atoms with van der Waals surface area (Å²) in [6.45, 7) is 6.46. The summed E-state index contributed by atoms with van der Waals surface area (Å²) in [6, 6.07) is 0. The van der Waals surface area contributed by atoms with Crippen LogP contribution < -0.4 is 0 Å². The molecule has 0 aromatic rings. The molecule has 0 rings (SSSR count). The number of hydrogen-bond acceptors (Lipinski definition) is 6.